The molecule has 2 rings (SSSR count). The first-order valence-corrected chi connectivity index (χ1v) is 7.14. The molecule has 0 radical (unpaired) electrons. The summed E-state index contributed by atoms with van der Waals surface area (Å²) in [5, 5.41) is 6.48. The maximum absolute atomic E-state index is 13.4. The number of aromatic nitrogens is 2. The van der Waals surface area contributed by atoms with E-state index in [0.717, 1.165) is 29.2 Å². The molecule has 0 unspecified atom stereocenters. The molecule has 21 heavy (non-hydrogen) atoms. The van der Waals surface area contributed by atoms with Crippen LogP contribution in [0.15, 0.2) is 24.5 Å². The van der Waals surface area contributed by atoms with E-state index < -0.39 is 0 Å². The Bertz CT molecular complexity index is 626. The Morgan fingerprint density at radius 3 is 2.57 bits per heavy atom. The van der Waals surface area contributed by atoms with Gasteiger partial charge in [0.25, 0.3) is 0 Å². The van der Waals surface area contributed by atoms with Crippen molar-refractivity contribution in [1.82, 2.24) is 9.97 Å². The van der Waals surface area contributed by atoms with E-state index in [4.69, 9.17) is 0 Å². The molecule has 2 N–H and O–H groups in total. The van der Waals surface area contributed by atoms with Crippen LogP contribution in [0.4, 0.5) is 21.7 Å². The summed E-state index contributed by atoms with van der Waals surface area (Å²) in [5.74, 6) is 1.51. The highest BCUT2D eigenvalue weighted by Crippen LogP contribution is 2.31. The predicted molar refractivity (Wildman–Crippen MR) is 84.7 cm³/mol. The minimum Gasteiger partial charge on any atom is -0.370 e. The summed E-state index contributed by atoms with van der Waals surface area (Å²) >= 11 is 0. The summed E-state index contributed by atoms with van der Waals surface area (Å²) in [6, 6.07) is 4.68. The molecule has 4 nitrogen and oxygen atoms in total. The standard InChI is InChI=1S/C16H21FN4/c1-5-18-15-14(10(2)3)16(20-9-19-15)21-13-8-12(17)7-6-11(13)4/h6-10H,5H2,1-4H3,(H2,18,19,20,21). The van der Waals surface area contributed by atoms with Crippen molar-refractivity contribution < 1.29 is 4.39 Å². The van der Waals surface area contributed by atoms with Gasteiger partial charge in [-0.25, -0.2) is 14.4 Å². The van der Waals surface area contributed by atoms with Crippen LogP contribution in [0.25, 0.3) is 0 Å². The molecular formula is C16H21FN4. The fourth-order valence-corrected chi connectivity index (χ4v) is 2.21. The number of halogens is 1. The number of hydrogen-bond acceptors (Lipinski definition) is 4. The van der Waals surface area contributed by atoms with Gasteiger partial charge in [0.15, 0.2) is 0 Å². The molecule has 5 heteroatoms. The average Bonchev–Trinajstić information content (AvgIpc) is 2.43. The number of anilines is 3. The Morgan fingerprint density at radius 1 is 1.19 bits per heavy atom. The third kappa shape index (κ3) is 3.48. The largest absolute Gasteiger partial charge is 0.370 e. The Hall–Kier alpha value is -2.17. The van der Waals surface area contributed by atoms with Crippen LogP contribution >= 0.6 is 0 Å². The van der Waals surface area contributed by atoms with Gasteiger partial charge in [-0.15, -0.1) is 0 Å². The highest BCUT2D eigenvalue weighted by atomic mass is 19.1. The summed E-state index contributed by atoms with van der Waals surface area (Å²) in [5.41, 5.74) is 2.69. The average molecular weight is 288 g/mol. The molecule has 0 bridgehead atoms. The normalized spacial score (nSPS) is 10.8. The SMILES string of the molecule is CCNc1ncnc(Nc2cc(F)ccc2C)c1C(C)C. The molecule has 0 spiro atoms. The highest BCUT2D eigenvalue weighted by molar-refractivity contribution is 5.67. The molecule has 112 valence electrons. The molecule has 0 amide bonds. The molecule has 0 saturated carbocycles. The topological polar surface area (TPSA) is 49.8 Å². The van der Waals surface area contributed by atoms with E-state index in [2.05, 4.69) is 34.4 Å². The fraction of sp³-hybridized carbons (Fsp3) is 0.375. The van der Waals surface area contributed by atoms with Gasteiger partial charge in [0.2, 0.25) is 0 Å². The van der Waals surface area contributed by atoms with Gasteiger partial charge in [0.1, 0.15) is 23.8 Å². The van der Waals surface area contributed by atoms with E-state index in [1.807, 2.05) is 13.8 Å². The summed E-state index contributed by atoms with van der Waals surface area (Å²) in [6.45, 7) is 8.92. The lowest BCUT2D eigenvalue weighted by atomic mass is 10.0. The third-order valence-corrected chi connectivity index (χ3v) is 3.26. The molecule has 0 atom stereocenters. The van der Waals surface area contributed by atoms with E-state index in [9.17, 15) is 4.39 Å². The van der Waals surface area contributed by atoms with Gasteiger partial charge in [0.05, 0.1) is 0 Å². The number of benzene rings is 1. The summed E-state index contributed by atoms with van der Waals surface area (Å²) in [7, 11) is 0. The van der Waals surface area contributed by atoms with Gasteiger partial charge in [-0.1, -0.05) is 19.9 Å². The summed E-state index contributed by atoms with van der Waals surface area (Å²) < 4.78 is 13.4. The second kappa shape index (κ2) is 6.52. The quantitative estimate of drug-likeness (QED) is 0.864. The number of nitrogens with one attached hydrogen (secondary N) is 2. The van der Waals surface area contributed by atoms with Gasteiger partial charge in [-0.3, -0.25) is 0 Å². The molecule has 1 aromatic heterocycles. The van der Waals surface area contributed by atoms with Crippen molar-refractivity contribution >= 4 is 17.3 Å². The number of nitrogens with zero attached hydrogens (tertiary/aromatic N) is 2. The third-order valence-electron chi connectivity index (χ3n) is 3.26. The zero-order valence-electron chi connectivity index (χ0n) is 12.9. The maximum atomic E-state index is 13.4. The van der Waals surface area contributed by atoms with Crippen molar-refractivity contribution in [3.8, 4) is 0 Å². The van der Waals surface area contributed by atoms with Crippen LogP contribution in [0.2, 0.25) is 0 Å². The number of hydrogen-bond donors (Lipinski definition) is 2. The Balaban J connectivity index is 2.43. The predicted octanol–water partition coefficient (Wildman–Crippen LogP) is 4.22. The van der Waals surface area contributed by atoms with Crippen molar-refractivity contribution in [3.05, 3.63) is 41.5 Å². The van der Waals surface area contributed by atoms with E-state index in [-0.39, 0.29) is 11.7 Å². The lowest BCUT2D eigenvalue weighted by molar-refractivity contribution is 0.628. The van der Waals surface area contributed by atoms with Gasteiger partial charge in [-0.05, 0) is 37.5 Å². The van der Waals surface area contributed by atoms with Crippen molar-refractivity contribution in [2.24, 2.45) is 0 Å². The van der Waals surface area contributed by atoms with Gasteiger partial charge in [-0.2, -0.15) is 0 Å². The van der Waals surface area contributed by atoms with E-state index in [1.165, 1.54) is 18.5 Å². The fourth-order valence-electron chi connectivity index (χ4n) is 2.21. The molecule has 0 fully saturated rings. The minimum atomic E-state index is -0.268. The molecule has 2 aromatic rings. The zero-order chi connectivity index (χ0) is 15.4. The van der Waals surface area contributed by atoms with Crippen LogP contribution in [0.1, 0.15) is 37.8 Å². The van der Waals surface area contributed by atoms with Gasteiger partial charge < -0.3 is 10.6 Å². The van der Waals surface area contributed by atoms with E-state index in [0.29, 0.717) is 5.82 Å². The Morgan fingerprint density at radius 2 is 1.90 bits per heavy atom. The zero-order valence-corrected chi connectivity index (χ0v) is 12.9. The molecule has 0 saturated heterocycles. The second-order valence-electron chi connectivity index (χ2n) is 5.25. The first kappa shape index (κ1) is 15.2. The van der Waals surface area contributed by atoms with Crippen LogP contribution < -0.4 is 10.6 Å². The summed E-state index contributed by atoms with van der Waals surface area (Å²) in [4.78, 5) is 8.62. The maximum Gasteiger partial charge on any atom is 0.139 e. The van der Waals surface area contributed by atoms with Crippen LogP contribution in [0, 0.1) is 12.7 Å². The lowest BCUT2D eigenvalue weighted by Gasteiger charge is -2.18. The van der Waals surface area contributed by atoms with Crippen molar-refractivity contribution in [3.63, 3.8) is 0 Å². The van der Waals surface area contributed by atoms with E-state index in [1.54, 1.807) is 6.07 Å². The summed E-state index contributed by atoms with van der Waals surface area (Å²) in [6.07, 6.45) is 1.51. The molecule has 0 aliphatic rings. The first-order chi connectivity index (χ1) is 10.0. The Kier molecular flexibility index (Phi) is 4.73. The monoisotopic (exact) mass is 288 g/mol. The van der Waals surface area contributed by atoms with Crippen molar-refractivity contribution in [2.45, 2.75) is 33.6 Å². The van der Waals surface area contributed by atoms with Crippen LogP contribution in [0.5, 0.6) is 0 Å². The number of aryl methyl sites for hydroxylation is 1. The smallest absolute Gasteiger partial charge is 0.139 e. The molecular weight excluding hydrogens is 267 g/mol. The van der Waals surface area contributed by atoms with Crippen molar-refractivity contribution in [2.75, 3.05) is 17.2 Å². The van der Waals surface area contributed by atoms with Gasteiger partial charge in [0, 0.05) is 17.8 Å². The van der Waals surface area contributed by atoms with Crippen LogP contribution in [-0.2, 0) is 0 Å². The highest BCUT2D eigenvalue weighted by Gasteiger charge is 2.15. The van der Waals surface area contributed by atoms with E-state index >= 15 is 0 Å². The molecule has 0 aliphatic carbocycles. The molecule has 1 heterocycles. The van der Waals surface area contributed by atoms with Crippen LogP contribution in [-0.4, -0.2) is 16.5 Å². The number of rotatable bonds is 5. The Labute approximate surface area is 124 Å². The lowest BCUT2D eigenvalue weighted by Crippen LogP contribution is -2.09. The van der Waals surface area contributed by atoms with Crippen molar-refractivity contribution in [1.29, 1.82) is 0 Å². The molecule has 0 aliphatic heterocycles. The van der Waals surface area contributed by atoms with Gasteiger partial charge >= 0.3 is 0 Å². The second-order valence-corrected chi connectivity index (χ2v) is 5.25. The minimum absolute atomic E-state index is 0.247. The molecule has 1 aromatic carbocycles. The van der Waals surface area contributed by atoms with Crippen LogP contribution in [0.3, 0.4) is 0 Å². The first-order valence-electron chi connectivity index (χ1n) is 7.14.